The Kier molecular flexibility index (Phi) is 4.11. The van der Waals surface area contributed by atoms with Crippen LogP contribution in [-0.2, 0) is 4.79 Å². The Hall–Kier alpha value is -2.57. The third kappa shape index (κ3) is 2.96. The lowest BCUT2D eigenvalue weighted by atomic mass is 10.1. The molecule has 1 atom stereocenters. The van der Waals surface area contributed by atoms with E-state index in [1.165, 1.54) is 6.33 Å². The molecule has 0 spiro atoms. The van der Waals surface area contributed by atoms with Crippen LogP contribution in [0.3, 0.4) is 0 Å². The van der Waals surface area contributed by atoms with Gasteiger partial charge in [0.05, 0.1) is 34.5 Å². The first-order chi connectivity index (χ1) is 9.93. The molecule has 2 aromatic rings. The van der Waals surface area contributed by atoms with Crippen molar-refractivity contribution in [3.8, 4) is 0 Å². The van der Waals surface area contributed by atoms with E-state index in [-0.39, 0.29) is 17.4 Å². The number of nitrogen functional groups attached to an aromatic ring is 1. The van der Waals surface area contributed by atoms with Crippen molar-refractivity contribution in [2.24, 2.45) is 5.92 Å². The number of amides is 1. The first kappa shape index (κ1) is 14.8. The SMILES string of the molecule is CNC(=O)C(C)CN(C)c1cc2nc[nH]c(=O)c2cc1N. The number of fused-ring (bicyclic) bond motifs is 1. The number of anilines is 2. The van der Waals surface area contributed by atoms with E-state index in [2.05, 4.69) is 15.3 Å². The van der Waals surface area contributed by atoms with Crippen molar-refractivity contribution in [3.63, 3.8) is 0 Å². The molecule has 0 fully saturated rings. The number of H-pyrrole nitrogens is 1. The first-order valence-corrected chi connectivity index (χ1v) is 6.63. The molecule has 1 aromatic heterocycles. The zero-order valence-electron chi connectivity index (χ0n) is 12.3. The summed E-state index contributed by atoms with van der Waals surface area (Å²) in [6.45, 7) is 2.36. The highest BCUT2D eigenvalue weighted by molar-refractivity contribution is 5.88. The van der Waals surface area contributed by atoms with Crippen LogP contribution in [0.15, 0.2) is 23.3 Å². The van der Waals surface area contributed by atoms with Crippen LogP contribution in [0.2, 0.25) is 0 Å². The lowest BCUT2D eigenvalue weighted by molar-refractivity contribution is -0.123. The summed E-state index contributed by atoms with van der Waals surface area (Å²) in [7, 11) is 3.46. The number of nitrogens with one attached hydrogen (secondary N) is 2. The van der Waals surface area contributed by atoms with Crippen molar-refractivity contribution in [1.29, 1.82) is 0 Å². The van der Waals surface area contributed by atoms with Crippen LogP contribution in [0.5, 0.6) is 0 Å². The maximum absolute atomic E-state index is 11.7. The summed E-state index contributed by atoms with van der Waals surface area (Å²) in [5.41, 5.74) is 7.59. The third-order valence-electron chi connectivity index (χ3n) is 3.44. The van der Waals surface area contributed by atoms with Gasteiger partial charge in [-0.2, -0.15) is 0 Å². The summed E-state index contributed by atoms with van der Waals surface area (Å²) in [5, 5.41) is 3.07. The summed E-state index contributed by atoms with van der Waals surface area (Å²) in [5.74, 6) is -0.210. The van der Waals surface area contributed by atoms with Crippen LogP contribution in [0.25, 0.3) is 10.9 Å². The Morgan fingerprint density at radius 2 is 2.24 bits per heavy atom. The maximum Gasteiger partial charge on any atom is 0.258 e. The average Bonchev–Trinajstić information content (AvgIpc) is 2.46. The van der Waals surface area contributed by atoms with Crippen molar-refractivity contribution in [1.82, 2.24) is 15.3 Å². The van der Waals surface area contributed by atoms with E-state index in [1.807, 2.05) is 18.9 Å². The number of aromatic amines is 1. The zero-order valence-corrected chi connectivity index (χ0v) is 12.3. The van der Waals surface area contributed by atoms with Crippen LogP contribution < -0.4 is 21.5 Å². The molecule has 112 valence electrons. The molecule has 0 saturated heterocycles. The monoisotopic (exact) mass is 289 g/mol. The van der Waals surface area contributed by atoms with Gasteiger partial charge in [-0.3, -0.25) is 9.59 Å². The number of carbonyl (C=O) groups is 1. The van der Waals surface area contributed by atoms with Crippen LogP contribution in [0, 0.1) is 5.92 Å². The molecule has 0 saturated carbocycles. The quantitative estimate of drug-likeness (QED) is 0.703. The molecular weight excluding hydrogens is 270 g/mol. The van der Waals surface area contributed by atoms with E-state index in [9.17, 15) is 9.59 Å². The molecule has 1 aromatic carbocycles. The summed E-state index contributed by atoms with van der Waals surface area (Å²) in [6, 6.07) is 3.37. The van der Waals surface area contributed by atoms with Gasteiger partial charge in [0.15, 0.2) is 0 Å². The number of nitrogens with two attached hydrogens (primary N) is 1. The van der Waals surface area contributed by atoms with Crippen molar-refractivity contribution >= 4 is 28.2 Å². The minimum atomic E-state index is -0.223. The highest BCUT2D eigenvalue weighted by atomic mass is 16.1. The fourth-order valence-electron chi connectivity index (χ4n) is 2.29. The smallest absolute Gasteiger partial charge is 0.258 e. The molecule has 1 amide bonds. The van der Waals surface area contributed by atoms with Crippen molar-refractivity contribution < 1.29 is 4.79 Å². The molecule has 2 rings (SSSR count). The number of carbonyl (C=O) groups excluding carboxylic acids is 1. The average molecular weight is 289 g/mol. The normalized spacial score (nSPS) is 12.1. The van der Waals surface area contributed by atoms with Crippen LogP contribution in [0.4, 0.5) is 11.4 Å². The van der Waals surface area contributed by atoms with Gasteiger partial charge in [-0.25, -0.2) is 4.98 Å². The standard InChI is InChI=1S/C14H19N5O2/c1-8(13(20)16-2)6-19(3)12-5-11-9(4-10(12)15)14(21)18-7-17-11/h4-5,7-8H,6,15H2,1-3H3,(H,16,20)(H,17,18,21). The Bertz CT molecular complexity index is 725. The molecule has 7 heteroatoms. The van der Waals surface area contributed by atoms with Crippen molar-refractivity contribution in [2.75, 3.05) is 31.3 Å². The van der Waals surface area contributed by atoms with E-state index >= 15 is 0 Å². The van der Waals surface area contributed by atoms with E-state index in [0.717, 1.165) is 5.69 Å². The molecule has 0 bridgehead atoms. The Morgan fingerprint density at radius 1 is 1.52 bits per heavy atom. The highest BCUT2D eigenvalue weighted by Crippen LogP contribution is 2.26. The summed E-state index contributed by atoms with van der Waals surface area (Å²) in [6.07, 6.45) is 1.36. The van der Waals surface area contributed by atoms with Crippen LogP contribution in [-0.4, -0.2) is 36.5 Å². The van der Waals surface area contributed by atoms with Crippen LogP contribution in [0.1, 0.15) is 6.92 Å². The topological polar surface area (TPSA) is 104 Å². The molecule has 0 aliphatic heterocycles. The number of nitrogens with zero attached hydrogens (tertiary/aromatic N) is 2. The van der Waals surface area contributed by atoms with Gasteiger partial charge in [-0.1, -0.05) is 6.92 Å². The van der Waals surface area contributed by atoms with Gasteiger partial charge in [0, 0.05) is 20.6 Å². The van der Waals surface area contributed by atoms with Gasteiger partial charge in [0.25, 0.3) is 5.56 Å². The fourth-order valence-corrected chi connectivity index (χ4v) is 2.29. The van der Waals surface area contributed by atoms with E-state index in [4.69, 9.17) is 5.73 Å². The first-order valence-electron chi connectivity index (χ1n) is 6.63. The van der Waals surface area contributed by atoms with Crippen LogP contribution >= 0.6 is 0 Å². The molecule has 0 radical (unpaired) electrons. The number of benzene rings is 1. The Labute approximate surface area is 122 Å². The third-order valence-corrected chi connectivity index (χ3v) is 3.44. The maximum atomic E-state index is 11.7. The van der Waals surface area contributed by atoms with E-state index < -0.39 is 0 Å². The summed E-state index contributed by atoms with van der Waals surface area (Å²) >= 11 is 0. The van der Waals surface area contributed by atoms with E-state index in [0.29, 0.717) is 23.1 Å². The second kappa shape index (κ2) is 5.82. The summed E-state index contributed by atoms with van der Waals surface area (Å²) < 4.78 is 0. The van der Waals surface area contributed by atoms with Gasteiger partial charge in [0.1, 0.15) is 0 Å². The highest BCUT2D eigenvalue weighted by Gasteiger charge is 2.16. The van der Waals surface area contributed by atoms with Gasteiger partial charge in [-0.15, -0.1) is 0 Å². The molecule has 21 heavy (non-hydrogen) atoms. The molecule has 7 nitrogen and oxygen atoms in total. The predicted octanol–water partition coefficient (Wildman–Crippen LogP) is 0.324. The minimum Gasteiger partial charge on any atom is -0.397 e. The number of hydrogen-bond acceptors (Lipinski definition) is 5. The molecular formula is C14H19N5O2. The van der Waals surface area contributed by atoms with Crippen molar-refractivity contribution in [3.05, 3.63) is 28.8 Å². The number of hydrogen-bond donors (Lipinski definition) is 3. The Morgan fingerprint density at radius 3 is 2.90 bits per heavy atom. The van der Waals surface area contributed by atoms with Gasteiger partial charge < -0.3 is 20.9 Å². The minimum absolute atomic E-state index is 0.0317. The van der Waals surface area contributed by atoms with Gasteiger partial charge in [-0.05, 0) is 12.1 Å². The van der Waals surface area contributed by atoms with E-state index in [1.54, 1.807) is 19.2 Å². The predicted molar refractivity (Wildman–Crippen MR) is 83.3 cm³/mol. The molecule has 1 unspecified atom stereocenters. The second-order valence-corrected chi connectivity index (χ2v) is 5.06. The summed E-state index contributed by atoms with van der Waals surface area (Å²) in [4.78, 5) is 31.8. The molecule has 0 aliphatic carbocycles. The zero-order chi connectivity index (χ0) is 15.6. The Balaban J connectivity index is 2.35. The van der Waals surface area contributed by atoms with Crippen molar-refractivity contribution in [2.45, 2.75) is 6.92 Å². The molecule has 4 N–H and O–H groups in total. The fraction of sp³-hybridized carbons (Fsp3) is 0.357. The lowest BCUT2D eigenvalue weighted by Crippen LogP contribution is -2.34. The lowest BCUT2D eigenvalue weighted by Gasteiger charge is -2.24. The van der Waals surface area contributed by atoms with Gasteiger partial charge in [0.2, 0.25) is 5.91 Å². The molecule has 0 aliphatic rings. The second-order valence-electron chi connectivity index (χ2n) is 5.06. The van der Waals surface area contributed by atoms with Gasteiger partial charge >= 0.3 is 0 Å². The largest absolute Gasteiger partial charge is 0.397 e. The number of rotatable bonds is 4. The number of aromatic nitrogens is 2. The molecule has 1 heterocycles.